The molecule has 0 saturated heterocycles. The standard InChI is InChI=1S/C19H30N2O/c1-3-13-21(18(4-2)15-9-6-5-7-10-15)19(22)17-12-8-11-16(17)14-20/h5-7,9-10,16-18H,3-4,8,11-14,20H2,1-2H3/t16-,17-,18?/m1/s1. The van der Waals surface area contributed by atoms with E-state index in [9.17, 15) is 4.79 Å². The number of hydrogen-bond acceptors (Lipinski definition) is 2. The van der Waals surface area contributed by atoms with Crippen LogP contribution in [-0.2, 0) is 4.79 Å². The number of carbonyl (C=O) groups excluding carboxylic acids is 1. The van der Waals surface area contributed by atoms with Crippen molar-refractivity contribution in [3.8, 4) is 0 Å². The van der Waals surface area contributed by atoms with E-state index in [-0.39, 0.29) is 12.0 Å². The van der Waals surface area contributed by atoms with E-state index in [0.717, 1.165) is 38.6 Å². The Morgan fingerprint density at radius 2 is 2.00 bits per heavy atom. The first-order valence-corrected chi connectivity index (χ1v) is 8.78. The summed E-state index contributed by atoms with van der Waals surface area (Å²) in [5, 5.41) is 0. The summed E-state index contributed by atoms with van der Waals surface area (Å²) in [5.41, 5.74) is 7.13. The van der Waals surface area contributed by atoms with Crippen molar-refractivity contribution < 1.29 is 4.79 Å². The monoisotopic (exact) mass is 302 g/mol. The highest BCUT2D eigenvalue weighted by Gasteiger charge is 2.36. The molecule has 3 atom stereocenters. The molecule has 1 aliphatic carbocycles. The van der Waals surface area contributed by atoms with Gasteiger partial charge in [-0.15, -0.1) is 0 Å². The molecule has 1 aromatic carbocycles. The largest absolute Gasteiger partial charge is 0.335 e. The predicted octanol–water partition coefficient (Wildman–Crippen LogP) is 3.75. The molecule has 2 N–H and O–H groups in total. The third-order valence-electron chi connectivity index (χ3n) is 4.97. The quantitative estimate of drug-likeness (QED) is 0.833. The number of carbonyl (C=O) groups is 1. The normalized spacial score (nSPS) is 22.5. The van der Waals surface area contributed by atoms with Crippen molar-refractivity contribution in [3.63, 3.8) is 0 Å². The molecule has 0 heterocycles. The summed E-state index contributed by atoms with van der Waals surface area (Å²) >= 11 is 0. The number of rotatable bonds is 7. The second-order valence-corrected chi connectivity index (χ2v) is 6.40. The van der Waals surface area contributed by atoms with E-state index >= 15 is 0 Å². The van der Waals surface area contributed by atoms with Gasteiger partial charge < -0.3 is 10.6 Å². The summed E-state index contributed by atoms with van der Waals surface area (Å²) in [6, 6.07) is 10.6. The Balaban J connectivity index is 2.22. The molecule has 0 aliphatic heterocycles. The minimum Gasteiger partial charge on any atom is -0.335 e. The van der Waals surface area contributed by atoms with Gasteiger partial charge in [0.25, 0.3) is 0 Å². The molecule has 0 bridgehead atoms. The summed E-state index contributed by atoms with van der Waals surface area (Å²) < 4.78 is 0. The van der Waals surface area contributed by atoms with E-state index in [1.807, 2.05) is 6.07 Å². The van der Waals surface area contributed by atoms with Gasteiger partial charge in [-0.3, -0.25) is 4.79 Å². The van der Waals surface area contributed by atoms with Gasteiger partial charge in [0.1, 0.15) is 0 Å². The van der Waals surface area contributed by atoms with Gasteiger partial charge >= 0.3 is 0 Å². The molecule has 22 heavy (non-hydrogen) atoms. The molecule has 3 heteroatoms. The van der Waals surface area contributed by atoms with E-state index in [2.05, 4.69) is 43.0 Å². The van der Waals surface area contributed by atoms with Gasteiger partial charge in [-0.25, -0.2) is 0 Å². The number of nitrogens with two attached hydrogens (primary N) is 1. The molecule has 1 unspecified atom stereocenters. The third kappa shape index (κ3) is 3.70. The molecule has 1 fully saturated rings. The van der Waals surface area contributed by atoms with Gasteiger partial charge in [0.2, 0.25) is 5.91 Å². The Hall–Kier alpha value is -1.35. The molecule has 0 spiro atoms. The maximum atomic E-state index is 13.1. The molecular formula is C19H30N2O. The fourth-order valence-corrected chi connectivity index (χ4v) is 3.83. The Morgan fingerprint density at radius 1 is 1.27 bits per heavy atom. The minimum absolute atomic E-state index is 0.134. The zero-order chi connectivity index (χ0) is 15.9. The second kappa shape index (κ2) is 8.33. The van der Waals surface area contributed by atoms with Crippen molar-refractivity contribution in [2.45, 2.75) is 52.0 Å². The van der Waals surface area contributed by atoms with Gasteiger partial charge in [0.15, 0.2) is 0 Å². The van der Waals surface area contributed by atoms with Crippen LogP contribution in [0.2, 0.25) is 0 Å². The van der Waals surface area contributed by atoms with Gasteiger partial charge in [-0.2, -0.15) is 0 Å². The highest BCUT2D eigenvalue weighted by Crippen LogP contribution is 2.35. The van der Waals surface area contributed by atoms with Gasteiger partial charge in [0, 0.05) is 12.5 Å². The van der Waals surface area contributed by atoms with Gasteiger partial charge in [0.05, 0.1) is 6.04 Å². The topological polar surface area (TPSA) is 46.3 Å². The summed E-state index contributed by atoms with van der Waals surface area (Å²) in [7, 11) is 0. The number of benzene rings is 1. The maximum absolute atomic E-state index is 13.1. The smallest absolute Gasteiger partial charge is 0.226 e. The lowest BCUT2D eigenvalue weighted by molar-refractivity contribution is -0.139. The highest BCUT2D eigenvalue weighted by atomic mass is 16.2. The van der Waals surface area contributed by atoms with Crippen LogP contribution >= 0.6 is 0 Å². The molecule has 0 aromatic heterocycles. The van der Waals surface area contributed by atoms with Crippen molar-refractivity contribution in [2.24, 2.45) is 17.6 Å². The van der Waals surface area contributed by atoms with E-state index in [1.165, 1.54) is 5.56 Å². The van der Waals surface area contributed by atoms with Crippen LogP contribution in [0.1, 0.15) is 57.6 Å². The molecule has 3 nitrogen and oxygen atoms in total. The molecular weight excluding hydrogens is 272 g/mol. The van der Waals surface area contributed by atoms with Gasteiger partial charge in [-0.1, -0.05) is 50.6 Å². The first-order valence-electron chi connectivity index (χ1n) is 8.78. The lowest BCUT2D eigenvalue weighted by Gasteiger charge is -2.34. The van der Waals surface area contributed by atoms with Crippen molar-refractivity contribution >= 4 is 5.91 Å². The van der Waals surface area contributed by atoms with Crippen LogP contribution in [0.5, 0.6) is 0 Å². The maximum Gasteiger partial charge on any atom is 0.226 e. The van der Waals surface area contributed by atoms with Crippen molar-refractivity contribution in [1.29, 1.82) is 0 Å². The van der Waals surface area contributed by atoms with Crippen LogP contribution in [0.4, 0.5) is 0 Å². The fourth-order valence-electron chi connectivity index (χ4n) is 3.83. The summed E-state index contributed by atoms with van der Waals surface area (Å²) in [6.45, 7) is 5.79. The Labute approximate surface area is 134 Å². The second-order valence-electron chi connectivity index (χ2n) is 6.40. The van der Waals surface area contributed by atoms with Crippen molar-refractivity contribution in [2.75, 3.05) is 13.1 Å². The predicted molar refractivity (Wildman–Crippen MR) is 91.4 cm³/mol. The highest BCUT2D eigenvalue weighted by molar-refractivity contribution is 5.80. The summed E-state index contributed by atoms with van der Waals surface area (Å²) in [5.74, 6) is 0.833. The van der Waals surface area contributed by atoms with Crippen LogP contribution in [0.3, 0.4) is 0 Å². The zero-order valence-corrected chi connectivity index (χ0v) is 14.0. The lowest BCUT2D eigenvalue weighted by Crippen LogP contribution is -2.41. The molecule has 1 aromatic rings. The van der Waals surface area contributed by atoms with Crippen LogP contribution in [0, 0.1) is 11.8 Å². The zero-order valence-electron chi connectivity index (χ0n) is 14.0. The SMILES string of the molecule is CCCN(C(=O)[C@@H]1CCC[C@@H]1CN)C(CC)c1ccccc1. The fraction of sp³-hybridized carbons (Fsp3) is 0.632. The molecule has 0 radical (unpaired) electrons. The van der Waals surface area contributed by atoms with E-state index in [0.29, 0.717) is 18.4 Å². The van der Waals surface area contributed by atoms with Gasteiger partial charge in [-0.05, 0) is 43.7 Å². The Morgan fingerprint density at radius 3 is 2.59 bits per heavy atom. The van der Waals surface area contributed by atoms with Crippen molar-refractivity contribution in [1.82, 2.24) is 4.90 Å². The molecule has 2 rings (SSSR count). The Kier molecular flexibility index (Phi) is 6.44. The van der Waals surface area contributed by atoms with E-state index in [1.54, 1.807) is 0 Å². The van der Waals surface area contributed by atoms with E-state index in [4.69, 9.17) is 5.73 Å². The first kappa shape index (κ1) is 17.0. The van der Waals surface area contributed by atoms with Crippen LogP contribution in [-0.4, -0.2) is 23.9 Å². The number of amides is 1. The number of nitrogens with zero attached hydrogens (tertiary/aromatic N) is 1. The van der Waals surface area contributed by atoms with Crippen LogP contribution in [0.25, 0.3) is 0 Å². The average molecular weight is 302 g/mol. The first-order chi connectivity index (χ1) is 10.7. The van der Waals surface area contributed by atoms with Crippen LogP contribution < -0.4 is 5.73 Å². The molecule has 1 amide bonds. The lowest BCUT2D eigenvalue weighted by atomic mass is 9.92. The Bertz CT molecular complexity index is 460. The van der Waals surface area contributed by atoms with Crippen LogP contribution in [0.15, 0.2) is 30.3 Å². The number of hydrogen-bond donors (Lipinski definition) is 1. The van der Waals surface area contributed by atoms with Crippen molar-refractivity contribution in [3.05, 3.63) is 35.9 Å². The molecule has 122 valence electrons. The van der Waals surface area contributed by atoms with E-state index < -0.39 is 0 Å². The minimum atomic E-state index is 0.134. The average Bonchev–Trinajstić information content (AvgIpc) is 3.03. The third-order valence-corrected chi connectivity index (χ3v) is 4.97. The summed E-state index contributed by atoms with van der Waals surface area (Å²) in [4.78, 5) is 15.3. The summed E-state index contributed by atoms with van der Waals surface area (Å²) in [6.07, 6.45) is 5.20. The molecule has 1 aliphatic rings. The molecule has 1 saturated carbocycles.